The number of hydrogen-bond donors (Lipinski definition) is 2. The molecule has 0 aromatic heterocycles. The molecule has 6 nitrogen and oxygen atoms in total. The summed E-state index contributed by atoms with van der Waals surface area (Å²) >= 11 is 0. The van der Waals surface area contributed by atoms with Crippen molar-refractivity contribution in [3.05, 3.63) is 35.4 Å². The minimum atomic E-state index is -0.853. The number of carbonyl (C=O) groups is 2. The number of nitrogens with one attached hydrogen (secondary N) is 1. The van der Waals surface area contributed by atoms with Crippen molar-refractivity contribution in [2.24, 2.45) is 23.7 Å². The van der Waals surface area contributed by atoms with Crippen molar-refractivity contribution in [1.82, 2.24) is 0 Å². The Morgan fingerprint density at radius 1 is 1.04 bits per heavy atom. The molecule has 3 fully saturated rings. The molecule has 3 aliphatic rings. The summed E-state index contributed by atoms with van der Waals surface area (Å²) in [5, 5.41) is 12.8. The summed E-state index contributed by atoms with van der Waals surface area (Å²) in [6.45, 7) is 7.25. The highest BCUT2D eigenvalue weighted by Crippen LogP contribution is 2.57. The van der Waals surface area contributed by atoms with Gasteiger partial charge in [-0.15, -0.1) is 0 Å². The van der Waals surface area contributed by atoms with E-state index in [1.807, 2.05) is 38.1 Å². The van der Waals surface area contributed by atoms with Crippen molar-refractivity contribution >= 4 is 23.3 Å². The third-order valence-electron chi connectivity index (χ3n) is 6.52. The summed E-state index contributed by atoms with van der Waals surface area (Å²) in [7, 11) is 0. The van der Waals surface area contributed by atoms with E-state index in [4.69, 9.17) is 4.74 Å². The molecule has 2 N–H and O–H groups in total. The Labute approximate surface area is 165 Å². The SMILES string of the molecule is CC(C)=C1[C@H]2CC[C@H]1[C@@H](C(=O)Nc1ccc(N3CCOCC3)cc1)[C@@H]2C(=O)O. The average molecular weight is 384 g/mol. The second-order valence-corrected chi connectivity index (χ2v) is 8.27. The fourth-order valence-electron chi connectivity index (χ4n) is 5.41. The van der Waals surface area contributed by atoms with Crippen molar-refractivity contribution in [2.75, 3.05) is 36.5 Å². The molecule has 1 aromatic carbocycles. The number of anilines is 2. The number of carboxylic acid groups (broad SMARTS) is 1. The summed E-state index contributed by atoms with van der Waals surface area (Å²) in [4.78, 5) is 27.2. The average Bonchev–Trinajstić information content (AvgIpc) is 3.26. The zero-order valence-corrected chi connectivity index (χ0v) is 16.5. The molecular formula is C22H28N2O4. The van der Waals surface area contributed by atoms with Gasteiger partial charge in [0, 0.05) is 24.5 Å². The molecule has 1 aliphatic heterocycles. The highest BCUT2D eigenvalue weighted by Gasteiger charge is 2.57. The van der Waals surface area contributed by atoms with Crippen LogP contribution < -0.4 is 10.2 Å². The lowest BCUT2D eigenvalue weighted by atomic mass is 9.78. The Kier molecular flexibility index (Phi) is 5.15. The van der Waals surface area contributed by atoms with Crippen LogP contribution in [0.2, 0.25) is 0 Å². The number of morpholine rings is 1. The first kappa shape index (κ1) is 19.0. The molecule has 1 heterocycles. The summed E-state index contributed by atoms with van der Waals surface area (Å²) in [5.41, 5.74) is 4.20. The zero-order valence-electron chi connectivity index (χ0n) is 16.5. The summed E-state index contributed by atoms with van der Waals surface area (Å²) in [5.74, 6) is -2.06. The Bertz CT molecular complexity index is 791. The Morgan fingerprint density at radius 2 is 1.64 bits per heavy atom. The van der Waals surface area contributed by atoms with E-state index in [1.165, 1.54) is 11.1 Å². The van der Waals surface area contributed by atoms with Gasteiger partial charge in [-0.3, -0.25) is 9.59 Å². The molecule has 2 aliphatic carbocycles. The van der Waals surface area contributed by atoms with E-state index in [-0.39, 0.29) is 17.7 Å². The molecule has 1 aromatic rings. The van der Waals surface area contributed by atoms with Crippen LogP contribution in [0.5, 0.6) is 0 Å². The quantitative estimate of drug-likeness (QED) is 0.780. The number of aliphatic carboxylic acids is 1. The van der Waals surface area contributed by atoms with Gasteiger partial charge in [0.25, 0.3) is 0 Å². The van der Waals surface area contributed by atoms with Crippen LogP contribution >= 0.6 is 0 Å². The second kappa shape index (κ2) is 7.59. The first-order chi connectivity index (χ1) is 13.5. The van der Waals surface area contributed by atoms with E-state index in [0.29, 0.717) is 5.69 Å². The van der Waals surface area contributed by atoms with E-state index >= 15 is 0 Å². The normalized spacial score (nSPS) is 29.1. The lowest BCUT2D eigenvalue weighted by Crippen LogP contribution is -2.38. The van der Waals surface area contributed by atoms with Gasteiger partial charge in [-0.25, -0.2) is 0 Å². The first-order valence-electron chi connectivity index (χ1n) is 10.1. The van der Waals surface area contributed by atoms with Gasteiger partial charge in [0.05, 0.1) is 25.0 Å². The van der Waals surface area contributed by atoms with Crippen LogP contribution in [0.1, 0.15) is 26.7 Å². The number of ether oxygens (including phenoxy) is 1. The van der Waals surface area contributed by atoms with Crippen LogP contribution in [-0.4, -0.2) is 43.3 Å². The summed E-state index contributed by atoms with van der Waals surface area (Å²) in [6, 6.07) is 7.79. The summed E-state index contributed by atoms with van der Waals surface area (Å²) in [6.07, 6.45) is 1.78. The molecule has 4 atom stereocenters. The highest BCUT2D eigenvalue weighted by molar-refractivity contribution is 5.96. The van der Waals surface area contributed by atoms with Gasteiger partial charge in [0.15, 0.2) is 0 Å². The number of carboxylic acids is 1. The number of hydrogen-bond acceptors (Lipinski definition) is 4. The van der Waals surface area contributed by atoms with Crippen LogP contribution in [0.15, 0.2) is 35.4 Å². The number of nitrogens with zero attached hydrogens (tertiary/aromatic N) is 1. The van der Waals surface area contributed by atoms with Crippen LogP contribution in [-0.2, 0) is 14.3 Å². The van der Waals surface area contributed by atoms with E-state index < -0.39 is 17.8 Å². The van der Waals surface area contributed by atoms with Crippen molar-refractivity contribution in [3.63, 3.8) is 0 Å². The van der Waals surface area contributed by atoms with Gasteiger partial charge in [0.2, 0.25) is 5.91 Å². The Morgan fingerprint density at radius 3 is 2.21 bits per heavy atom. The lowest BCUT2D eigenvalue weighted by Gasteiger charge is -2.29. The molecule has 2 bridgehead atoms. The fraction of sp³-hybridized carbons (Fsp3) is 0.545. The number of rotatable bonds is 4. The molecule has 6 heteroatoms. The van der Waals surface area contributed by atoms with Crippen molar-refractivity contribution in [1.29, 1.82) is 0 Å². The predicted octanol–water partition coefficient (Wildman–Crippen LogP) is 3.15. The molecule has 4 rings (SSSR count). The maximum absolute atomic E-state index is 13.1. The number of allylic oxidation sites excluding steroid dienone is 2. The van der Waals surface area contributed by atoms with E-state index in [2.05, 4.69) is 10.2 Å². The Hall–Kier alpha value is -2.34. The minimum Gasteiger partial charge on any atom is -0.481 e. The standard InChI is InChI=1S/C22H28N2O4/c1-13(2)18-16-7-8-17(18)20(22(26)27)19(16)21(25)23-14-3-5-15(6-4-14)24-9-11-28-12-10-24/h3-6,16-17,19-20H,7-12H2,1-2H3,(H,23,25)(H,26,27)/t16-,17-,19-,20-/m1/s1. The Balaban J connectivity index is 1.50. The largest absolute Gasteiger partial charge is 0.481 e. The van der Waals surface area contributed by atoms with Crippen LogP contribution in [0, 0.1) is 23.7 Å². The van der Waals surface area contributed by atoms with E-state index in [1.54, 1.807) is 0 Å². The van der Waals surface area contributed by atoms with Crippen LogP contribution in [0.25, 0.3) is 0 Å². The molecule has 28 heavy (non-hydrogen) atoms. The summed E-state index contributed by atoms with van der Waals surface area (Å²) < 4.78 is 5.38. The second-order valence-electron chi connectivity index (χ2n) is 8.27. The number of fused-ring (bicyclic) bond motifs is 2. The third-order valence-corrected chi connectivity index (χ3v) is 6.52. The lowest BCUT2D eigenvalue weighted by molar-refractivity contribution is -0.148. The maximum Gasteiger partial charge on any atom is 0.307 e. The molecule has 0 radical (unpaired) electrons. The monoisotopic (exact) mass is 384 g/mol. The topological polar surface area (TPSA) is 78.9 Å². The molecule has 0 unspecified atom stereocenters. The molecule has 1 saturated heterocycles. The van der Waals surface area contributed by atoms with Crippen molar-refractivity contribution < 1.29 is 19.4 Å². The van der Waals surface area contributed by atoms with Gasteiger partial charge < -0.3 is 20.1 Å². The predicted molar refractivity (Wildman–Crippen MR) is 107 cm³/mol. The van der Waals surface area contributed by atoms with Crippen molar-refractivity contribution in [2.45, 2.75) is 26.7 Å². The van der Waals surface area contributed by atoms with Crippen molar-refractivity contribution in [3.8, 4) is 0 Å². The van der Waals surface area contributed by atoms with Gasteiger partial charge in [0.1, 0.15) is 0 Å². The van der Waals surface area contributed by atoms with Gasteiger partial charge in [-0.2, -0.15) is 0 Å². The highest BCUT2D eigenvalue weighted by atomic mass is 16.5. The van der Waals surface area contributed by atoms with E-state index in [0.717, 1.165) is 44.8 Å². The van der Waals surface area contributed by atoms with Crippen LogP contribution in [0.3, 0.4) is 0 Å². The van der Waals surface area contributed by atoms with Gasteiger partial charge in [-0.05, 0) is 62.8 Å². The molecule has 2 saturated carbocycles. The third kappa shape index (κ3) is 3.30. The smallest absolute Gasteiger partial charge is 0.307 e. The minimum absolute atomic E-state index is 0.00643. The molecular weight excluding hydrogens is 356 g/mol. The van der Waals surface area contributed by atoms with Gasteiger partial charge in [-0.1, -0.05) is 11.1 Å². The molecule has 150 valence electrons. The maximum atomic E-state index is 13.1. The van der Waals surface area contributed by atoms with Gasteiger partial charge >= 0.3 is 5.97 Å². The molecule has 0 spiro atoms. The molecule has 1 amide bonds. The first-order valence-corrected chi connectivity index (χ1v) is 10.1. The number of amides is 1. The van der Waals surface area contributed by atoms with E-state index in [9.17, 15) is 14.7 Å². The van der Waals surface area contributed by atoms with Crippen LogP contribution in [0.4, 0.5) is 11.4 Å². The zero-order chi connectivity index (χ0) is 19.8. The number of carbonyl (C=O) groups excluding carboxylic acids is 1. The number of benzene rings is 1. The fourth-order valence-corrected chi connectivity index (χ4v) is 5.41.